The largest absolute Gasteiger partial charge is 0.489 e. The molecule has 136 valence electrons. The van der Waals surface area contributed by atoms with E-state index in [0.717, 1.165) is 28.7 Å². The minimum atomic E-state index is -4.36. The number of nitrogens with one attached hydrogen (secondary N) is 1. The molecule has 4 rings (SSSR count). The lowest BCUT2D eigenvalue weighted by Crippen LogP contribution is -2.06. The Kier molecular flexibility index (Phi) is 4.32. The van der Waals surface area contributed by atoms with Crippen molar-refractivity contribution >= 4 is 11.0 Å². The van der Waals surface area contributed by atoms with Gasteiger partial charge in [0, 0.05) is 5.56 Å². The molecular weight excluding hydrogens is 353 g/mol. The van der Waals surface area contributed by atoms with Gasteiger partial charge in [-0.15, -0.1) is 0 Å². The van der Waals surface area contributed by atoms with Gasteiger partial charge < -0.3 is 9.72 Å². The third-order valence-corrected chi connectivity index (χ3v) is 4.16. The van der Waals surface area contributed by atoms with E-state index in [9.17, 15) is 13.2 Å². The highest BCUT2D eigenvalue weighted by Crippen LogP contribution is 2.30. The van der Waals surface area contributed by atoms with Crippen molar-refractivity contribution in [1.29, 1.82) is 0 Å². The van der Waals surface area contributed by atoms with E-state index in [1.807, 2.05) is 42.5 Å². The summed E-state index contributed by atoms with van der Waals surface area (Å²) in [5.41, 5.74) is 2.41. The maximum absolute atomic E-state index is 12.8. The third-order valence-electron chi connectivity index (χ3n) is 4.16. The van der Waals surface area contributed by atoms with E-state index in [2.05, 4.69) is 9.97 Å². The summed E-state index contributed by atoms with van der Waals surface area (Å²) in [4.78, 5) is 7.79. The number of benzene rings is 3. The van der Waals surface area contributed by atoms with Gasteiger partial charge in [0.15, 0.2) is 0 Å². The normalized spacial score (nSPS) is 11.7. The van der Waals surface area contributed by atoms with Crippen molar-refractivity contribution < 1.29 is 17.9 Å². The van der Waals surface area contributed by atoms with Crippen LogP contribution in [0.3, 0.4) is 0 Å². The Hall–Kier alpha value is -3.28. The number of fused-ring (bicyclic) bond motifs is 1. The molecule has 0 aliphatic heterocycles. The Bertz CT molecular complexity index is 1050. The van der Waals surface area contributed by atoms with Crippen LogP contribution in [0.25, 0.3) is 22.4 Å². The fourth-order valence-electron chi connectivity index (χ4n) is 2.83. The van der Waals surface area contributed by atoms with Crippen LogP contribution in [0.4, 0.5) is 13.2 Å². The molecule has 6 heteroatoms. The van der Waals surface area contributed by atoms with Crippen molar-refractivity contribution in [3.63, 3.8) is 0 Å². The second kappa shape index (κ2) is 6.79. The van der Waals surface area contributed by atoms with Crippen molar-refractivity contribution in [3.8, 4) is 17.1 Å². The first-order chi connectivity index (χ1) is 13.0. The fourth-order valence-corrected chi connectivity index (χ4v) is 2.83. The molecule has 0 amide bonds. The summed E-state index contributed by atoms with van der Waals surface area (Å²) in [7, 11) is 0. The van der Waals surface area contributed by atoms with E-state index in [1.165, 1.54) is 6.07 Å². The van der Waals surface area contributed by atoms with Crippen LogP contribution in [0.1, 0.15) is 11.1 Å². The minimum Gasteiger partial charge on any atom is -0.489 e. The zero-order valence-corrected chi connectivity index (χ0v) is 14.1. The lowest BCUT2D eigenvalue weighted by Gasteiger charge is -2.10. The van der Waals surface area contributed by atoms with Crippen LogP contribution in [0.2, 0.25) is 0 Å². The number of halogens is 3. The molecule has 3 aromatic carbocycles. The van der Waals surface area contributed by atoms with Crippen LogP contribution in [0, 0.1) is 0 Å². The van der Waals surface area contributed by atoms with Gasteiger partial charge in [-0.3, -0.25) is 0 Å². The van der Waals surface area contributed by atoms with Gasteiger partial charge in [0.2, 0.25) is 0 Å². The van der Waals surface area contributed by atoms with E-state index >= 15 is 0 Å². The molecule has 0 unspecified atom stereocenters. The summed E-state index contributed by atoms with van der Waals surface area (Å²) in [5, 5.41) is 0. The lowest BCUT2D eigenvalue weighted by atomic mass is 10.1. The Morgan fingerprint density at radius 2 is 1.70 bits per heavy atom. The predicted octanol–water partition coefficient (Wildman–Crippen LogP) is 5.83. The van der Waals surface area contributed by atoms with Gasteiger partial charge in [-0.1, -0.05) is 36.4 Å². The zero-order chi connectivity index (χ0) is 18.9. The Morgan fingerprint density at radius 1 is 0.889 bits per heavy atom. The number of aromatic amines is 1. The van der Waals surface area contributed by atoms with E-state index in [-0.39, 0.29) is 6.61 Å². The average molecular weight is 368 g/mol. The number of aromatic nitrogens is 2. The van der Waals surface area contributed by atoms with E-state index in [4.69, 9.17) is 4.74 Å². The maximum Gasteiger partial charge on any atom is 0.416 e. The molecule has 0 saturated heterocycles. The molecule has 4 aromatic rings. The molecule has 0 fully saturated rings. The number of alkyl halides is 3. The molecule has 1 aromatic heterocycles. The topological polar surface area (TPSA) is 37.9 Å². The van der Waals surface area contributed by atoms with Crippen LogP contribution in [-0.4, -0.2) is 9.97 Å². The first-order valence-corrected chi connectivity index (χ1v) is 8.33. The van der Waals surface area contributed by atoms with Gasteiger partial charge in [0.25, 0.3) is 0 Å². The Morgan fingerprint density at radius 3 is 2.52 bits per heavy atom. The number of ether oxygens (including phenoxy) is 1. The molecule has 1 heterocycles. The minimum absolute atomic E-state index is 0.0491. The number of imidazole rings is 1. The molecule has 3 nitrogen and oxygen atoms in total. The summed E-state index contributed by atoms with van der Waals surface area (Å²) in [5.74, 6) is 1.27. The van der Waals surface area contributed by atoms with Gasteiger partial charge in [-0.25, -0.2) is 4.98 Å². The SMILES string of the molecule is FC(F)(F)c1cccc(COc2cccc(-c3nc4ccccc4[nH]3)c2)c1. The smallest absolute Gasteiger partial charge is 0.416 e. The predicted molar refractivity (Wildman–Crippen MR) is 97.3 cm³/mol. The van der Waals surface area contributed by atoms with Gasteiger partial charge in [0.1, 0.15) is 18.2 Å². The maximum atomic E-state index is 12.8. The highest BCUT2D eigenvalue weighted by Gasteiger charge is 2.30. The molecule has 27 heavy (non-hydrogen) atoms. The number of rotatable bonds is 4. The summed E-state index contributed by atoms with van der Waals surface area (Å²) in [6, 6.07) is 20.1. The zero-order valence-electron chi connectivity index (χ0n) is 14.1. The van der Waals surface area contributed by atoms with Crippen molar-refractivity contribution in [2.24, 2.45) is 0 Å². The van der Waals surface area contributed by atoms with Crippen LogP contribution in [0.5, 0.6) is 5.75 Å². The number of H-pyrrole nitrogens is 1. The summed E-state index contributed by atoms with van der Waals surface area (Å²) in [6.07, 6.45) is -4.36. The van der Waals surface area contributed by atoms with Crippen molar-refractivity contribution in [2.45, 2.75) is 12.8 Å². The van der Waals surface area contributed by atoms with E-state index in [1.54, 1.807) is 12.1 Å². The third kappa shape index (κ3) is 3.79. The van der Waals surface area contributed by atoms with Crippen LogP contribution >= 0.6 is 0 Å². The van der Waals surface area contributed by atoms with Gasteiger partial charge in [0.05, 0.1) is 16.6 Å². The molecule has 1 N–H and O–H groups in total. The molecule has 0 aliphatic rings. The molecule has 0 bridgehead atoms. The van der Waals surface area contributed by atoms with Gasteiger partial charge >= 0.3 is 6.18 Å². The number of para-hydroxylation sites is 2. The summed E-state index contributed by atoms with van der Waals surface area (Å²) >= 11 is 0. The first kappa shape index (κ1) is 17.1. The fraction of sp³-hybridized carbons (Fsp3) is 0.0952. The van der Waals surface area contributed by atoms with E-state index in [0.29, 0.717) is 17.1 Å². The highest BCUT2D eigenvalue weighted by molar-refractivity contribution is 5.79. The lowest BCUT2D eigenvalue weighted by molar-refractivity contribution is -0.137. The number of hydrogen-bond acceptors (Lipinski definition) is 2. The van der Waals surface area contributed by atoms with Crippen LogP contribution in [0.15, 0.2) is 72.8 Å². The van der Waals surface area contributed by atoms with Crippen LogP contribution < -0.4 is 4.74 Å². The first-order valence-electron chi connectivity index (χ1n) is 8.33. The number of nitrogens with zero attached hydrogens (tertiary/aromatic N) is 1. The van der Waals surface area contributed by atoms with Gasteiger partial charge in [-0.2, -0.15) is 13.2 Å². The van der Waals surface area contributed by atoms with Crippen molar-refractivity contribution in [2.75, 3.05) is 0 Å². The molecule has 0 spiro atoms. The molecule has 0 saturated carbocycles. The van der Waals surface area contributed by atoms with Gasteiger partial charge in [-0.05, 0) is 42.0 Å². The summed E-state index contributed by atoms with van der Waals surface area (Å²) in [6.45, 7) is 0.0491. The van der Waals surface area contributed by atoms with Crippen molar-refractivity contribution in [3.05, 3.63) is 83.9 Å². The standard InChI is InChI=1S/C21H15F3N2O/c22-21(23,24)16-7-3-5-14(11-16)13-27-17-8-4-6-15(12-17)20-25-18-9-1-2-10-19(18)26-20/h1-12H,13H2,(H,25,26). The second-order valence-corrected chi connectivity index (χ2v) is 6.12. The second-order valence-electron chi connectivity index (χ2n) is 6.12. The average Bonchev–Trinajstić information content (AvgIpc) is 3.10. The van der Waals surface area contributed by atoms with Crippen molar-refractivity contribution in [1.82, 2.24) is 9.97 Å². The molecule has 0 atom stereocenters. The molecule has 0 aliphatic carbocycles. The molecular formula is C21H15F3N2O. The monoisotopic (exact) mass is 368 g/mol. The Balaban J connectivity index is 1.53. The summed E-state index contributed by atoms with van der Waals surface area (Å²) < 4.78 is 44.1. The van der Waals surface area contributed by atoms with Crippen LogP contribution in [-0.2, 0) is 12.8 Å². The molecule has 0 radical (unpaired) electrons. The quantitative estimate of drug-likeness (QED) is 0.492. The number of hydrogen-bond donors (Lipinski definition) is 1. The Labute approximate surface area is 153 Å². The van der Waals surface area contributed by atoms with E-state index < -0.39 is 11.7 Å². The highest BCUT2D eigenvalue weighted by atomic mass is 19.4.